The number of carbonyl (C=O) groups excluding carboxylic acids is 1. The molecule has 29 heavy (non-hydrogen) atoms. The van der Waals surface area contributed by atoms with Gasteiger partial charge in [0.25, 0.3) is 0 Å². The second kappa shape index (κ2) is 8.59. The zero-order valence-electron chi connectivity index (χ0n) is 16.7. The number of benzene rings is 3. The highest BCUT2D eigenvalue weighted by Gasteiger charge is 2.20. The smallest absolute Gasteiger partial charge is 0.242 e. The predicted molar refractivity (Wildman–Crippen MR) is 116 cm³/mol. The van der Waals surface area contributed by atoms with Gasteiger partial charge in [-0.3, -0.25) is 4.79 Å². The van der Waals surface area contributed by atoms with E-state index in [1.807, 2.05) is 54.6 Å². The van der Waals surface area contributed by atoms with E-state index in [4.69, 9.17) is 0 Å². The highest BCUT2D eigenvalue weighted by Crippen LogP contribution is 2.23. The summed E-state index contributed by atoms with van der Waals surface area (Å²) in [6.45, 7) is 1.73. The largest absolute Gasteiger partial charge is 0.326 e. The molecule has 1 amide bonds. The maximum absolute atomic E-state index is 12.4. The van der Waals surface area contributed by atoms with E-state index in [9.17, 15) is 13.2 Å². The zero-order chi connectivity index (χ0) is 21.0. The van der Waals surface area contributed by atoms with E-state index in [2.05, 4.69) is 5.32 Å². The number of anilines is 1. The van der Waals surface area contributed by atoms with E-state index in [0.29, 0.717) is 11.3 Å². The fourth-order valence-electron chi connectivity index (χ4n) is 2.99. The minimum atomic E-state index is -3.57. The average molecular weight is 409 g/mol. The van der Waals surface area contributed by atoms with Gasteiger partial charge in [0.05, 0.1) is 11.3 Å². The minimum absolute atomic E-state index is 0.188. The van der Waals surface area contributed by atoms with E-state index < -0.39 is 10.0 Å². The number of carbonyl (C=O) groups is 1. The number of nitrogens with zero attached hydrogens (tertiary/aromatic N) is 1. The van der Waals surface area contributed by atoms with Crippen molar-refractivity contribution >= 4 is 21.6 Å². The normalized spacial score (nSPS) is 11.4. The lowest BCUT2D eigenvalue weighted by molar-refractivity contribution is -0.115. The second-order valence-electron chi connectivity index (χ2n) is 7.06. The van der Waals surface area contributed by atoms with Gasteiger partial charge in [-0.15, -0.1) is 0 Å². The Hall–Kier alpha value is -2.96. The maximum Gasteiger partial charge on any atom is 0.242 e. The summed E-state index contributed by atoms with van der Waals surface area (Å²) in [4.78, 5) is 12.6. The summed E-state index contributed by atoms with van der Waals surface area (Å²) in [5.74, 6) is -0.200. The van der Waals surface area contributed by atoms with Crippen LogP contribution in [0.2, 0.25) is 0 Å². The number of hydrogen-bond acceptors (Lipinski definition) is 3. The molecule has 6 heteroatoms. The molecule has 0 saturated heterocycles. The zero-order valence-corrected chi connectivity index (χ0v) is 17.5. The van der Waals surface area contributed by atoms with Crippen LogP contribution in [0.3, 0.4) is 0 Å². The first kappa shape index (κ1) is 20.8. The number of sulfonamides is 1. The minimum Gasteiger partial charge on any atom is -0.326 e. The van der Waals surface area contributed by atoms with Crippen LogP contribution >= 0.6 is 0 Å². The first-order valence-electron chi connectivity index (χ1n) is 9.25. The summed E-state index contributed by atoms with van der Waals surface area (Å²) < 4.78 is 26.0. The highest BCUT2D eigenvalue weighted by molar-refractivity contribution is 7.89. The average Bonchev–Trinajstić information content (AvgIpc) is 2.70. The molecule has 0 aromatic heterocycles. The summed E-state index contributed by atoms with van der Waals surface area (Å²) in [5, 5.41) is 2.79. The maximum atomic E-state index is 12.4. The molecule has 0 aliphatic heterocycles. The lowest BCUT2D eigenvalue weighted by Gasteiger charge is -2.15. The number of amides is 1. The van der Waals surface area contributed by atoms with Crippen molar-refractivity contribution < 1.29 is 13.2 Å². The lowest BCUT2D eigenvalue weighted by atomic mass is 10.0. The van der Waals surface area contributed by atoms with Crippen molar-refractivity contribution in [1.82, 2.24) is 4.31 Å². The van der Waals surface area contributed by atoms with Gasteiger partial charge in [-0.1, -0.05) is 60.7 Å². The van der Waals surface area contributed by atoms with Crippen molar-refractivity contribution in [2.24, 2.45) is 0 Å². The van der Waals surface area contributed by atoms with Gasteiger partial charge in [-0.25, -0.2) is 12.7 Å². The first-order valence-corrected chi connectivity index (χ1v) is 10.7. The number of hydrogen-bond donors (Lipinski definition) is 1. The third-order valence-corrected chi connectivity index (χ3v) is 6.61. The highest BCUT2D eigenvalue weighted by atomic mass is 32.2. The molecule has 0 spiro atoms. The molecule has 3 aromatic rings. The Balaban J connectivity index is 1.71. The molecular formula is C23H24N2O3S. The van der Waals surface area contributed by atoms with E-state index in [0.717, 1.165) is 21.0 Å². The Kier molecular flexibility index (Phi) is 6.15. The lowest BCUT2D eigenvalue weighted by Crippen LogP contribution is -2.23. The Morgan fingerprint density at radius 3 is 2.14 bits per heavy atom. The van der Waals surface area contributed by atoms with Crippen molar-refractivity contribution in [1.29, 1.82) is 0 Å². The van der Waals surface area contributed by atoms with E-state index in [1.165, 1.54) is 20.2 Å². The molecule has 0 fully saturated rings. The monoisotopic (exact) mass is 408 g/mol. The van der Waals surface area contributed by atoms with Crippen LogP contribution in [-0.2, 0) is 21.2 Å². The standard InChI is InChI=1S/C23H24N2O3S/c1-17-9-14-21(16-22(17)29(27,28)25(2)3)24-23(26)15-18-10-12-20(13-11-18)19-7-5-4-6-8-19/h4-14,16H,15H2,1-3H3,(H,24,26). The van der Waals surface area contributed by atoms with Crippen LogP contribution in [0.25, 0.3) is 11.1 Å². The van der Waals surface area contributed by atoms with Gasteiger partial charge in [0.15, 0.2) is 0 Å². The van der Waals surface area contributed by atoms with Crippen LogP contribution in [0.15, 0.2) is 77.7 Å². The molecule has 0 atom stereocenters. The number of rotatable bonds is 6. The van der Waals surface area contributed by atoms with Crippen LogP contribution in [-0.4, -0.2) is 32.7 Å². The molecule has 0 aliphatic rings. The van der Waals surface area contributed by atoms with Crippen molar-refractivity contribution in [3.8, 4) is 11.1 Å². The van der Waals surface area contributed by atoms with Crippen LogP contribution in [0.1, 0.15) is 11.1 Å². The molecular weight excluding hydrogens is 384 g/mol. The van der Waals surface area contributed by atoms with Gasteiger partial charge in [0.1, 0.15) is 0 Å². The van der Waals surface area contributed by atoms with Gasteiger partial charge in [-0.2, -0.15) is 0 Å². The predicted octanol–water partition coefficient (Wildman–Crippen LogP) is 4.09. The first-order chi connectivity index (χ1) is 13.8. The van der Waals surface area contributed by atoms with Crippen molar-refractivity contribution in [3.63, 3.8) is 0 Å². The summed E-state index contributed by atoms with van der Waals surface area (Å²) >= 11 is 0. The van der Waals surface area contributed by atoms with Crippen LogP contribution < -0.4 is 5.32 Å². The third kappa shape index (κ3) is 4.91. The molecule has 150 valence electrons. The van der Waals surface area contributed by atoms with E-state index in [1.54, 1.807) is 19.1 Å². The molecule has 0 heterocycles. The summed E-state index contributed by atoms with van der Waals surface area (Å²) in [5.41, 5.74) is 4.19. The Labute approximate surface area is 172 Å². The fourth-order valence-corrected chi connectivity index (χ4v) is 4.13. The van der Waals surface area contributed by atoms with Crippen LogP contribution in [0, 0.1) is 6.92 Å². The molecule has 1 N–H and O–H groups in total. The van der Waals surface area contributed by atoms with Gasteiger partial charge in [-0.05, 0) is 41.3 Å². The Bertz CT molecular complexity index is 1110. The fraction of sp³-hybridized carbons (Fsp3) is 0.174. The molecule has 3 rings (SSSR count). The van der Waals surface area contributed by atoms with Crippen molar-refractivity contribution in [2.75, 3.05) is 19.4 Å². The molecule has 0 unspecified atom stereocenters. The summed E-state index contributed by atoms with van der Waals surface area (Å²) in [6, 6.07) is 22.8. The van der Waals surface area contributed by atoms with Crippen LogP contribution in [0.4, 0.5) is 5.69 Å². The van der Waals surface area contributed by atoms with Crippen molar-refractivity contribution in [2.45, 2.75) is 18.2 Å². The topological polar surface area (TPSA) is 66.5 Å². The van der Waals surface area contributed by atoms with Gasteiger partial charge in [0.2, 0.25) is 15.9 Å². The summed E-state index contributed by atoms with van der Waals surface area (Å²) in [7, 11) is -0.603. The summed E-state index contributed by atoms with van der Waals surface area (Å²) in [6.07, 6.45) is 0.207. The van der Waals surface area contributed by atoms with E-state index in [-0.39, 0.29) is 17.2 Å². The number of aryl methyl sites for hydroxylation is 1. The Morgan fingerprint density at radius 1 is 0.897 bits per heavy atom. The molecule has 5 nitrogen and oxygen atoms in total. The van der Waals surface area contributed by atoms with Gasteiger partial charge >= 0.3 is 0 Å². The van der Waals surface area contributed by atoms with Gasteiger partial charge < -0.3 is 5.32 Å². The van der Waals surface area contributed by atoms with Gasteiger partial charge in [0, 0.05) is 19.8 Å². The molecule has 0 aliphatic carbocycles. The third-order valence-electron chi connectivity index (χ3n) is 4.66. The Morgan fingerprint density at radius 2 is 1.52 bits per heavy atom. The van der Waals surface area contributed by atoms with Crippen LogP contribution in [0.5, 0.6) is 0 Å². The molecule has 0 bridgehead atoms. The van der Waals surface area contributed by atoms with E-state index >= 15 is 0 Å². The number of nitrogens with one attached hydrogen (secondary N) is 1. The molecule has 0 radical (unpaired) electrons. The molecule has 3 aromatic carbocycles. The van der Waals surface area contributed by atoms with Crippen molar-refractivity contribution in [3.05, 3.63) is 83.9 Å². The molecule has 0 saturated carbocycles. The second-order valence-corrected chi connectivity index (χ2v) is 9.18. The SMILES string of the molecule is Cc1ccc(NC(=O)Cc2ccc(-c3ccccc3)cc2)cc1S(=O)(=O)N(C)C. The quantitative estimate of drug-likeness (QED) is 0.668.